The first kappa shape index (κ1) is 16.6. The maximum atomic E-state index is 12.6. The van der Waals surface area contributed by atoms with E-state index in [1.807, 2.05) is 13.8 Å². The number of hydrogen-bond donors (Lipinski definition) is 0. The quantitative estimate of drug-likeness (QED) is 0.830. The average Bonchev–Trinajstić information content (AvgIpc) is 2.88. The lowest BCUT2D eigenvalue weighted by molar-refractivity contribution is -0.132. The fourth-order valence-corrected chi connectivity index (χ4v) is 3.69. The molecule has 3 rings (SSSR count). The fraction of sp³-hybridized carbons (Fsp3) is 0.438. The van der Waals surface area contributed by atoms with Gasteiger partial charge >= 0.3 is 0 Å². The van der Waals surface area contributed by atoms with Gasteiger partial charge in [-0.25, -0.2) is 8.42 Å². The molecular weight excluding hydrogens is 328 g/mol. The van der Waals surface area contributed by atoms with Gasteiger partial charge in [-0.3, -0.25) is 4.79 Å². The van der Waals surface area contributed by atoms with E-state index in [2.05, 4.69) is 14.8 Å². The first-order valence-corrected chi connectivity index (χ1v) is 9.62. The van der Waals surface area contributed by atoms with Gasteiger partial charge in [0, 0.05) is 12.8 Å². The van der Waals surface area contributed by atoms with E-state index in [-0.39, 0.29) is 23.3 Å². The van der Waals surface area contributed by atoms with Gasteiger partial charge < -0.3 is 9.47 Å². The van der Waals surface area contributed by atoms with Crippen LogP contribution in [0.15, 0.2) is 29.2 Å². The number of carbonyl (C=O) groups is 1. The molecule has 0 saturated heterocycles. The standard InChI is InChI=1S/C16H20N4O3S/c1-11-9-19(10-15-18-17-12(2)20(11)15)16(21)8-13-4-6-14(7-5-13)24(3,22)23/h4-7,11H,8-10H2,1-3H3/t11-/m1/s1. The second kappa shape index (κ2) is 6.01. The number of aromatic nitrogens is 3. The van der Waals surface area contributed by atoms with E-state index < -0.39 is 9.84 Å². The van der Waals surface area contributed by atoms with Crippen LogP contribution in [-0.4, -0.2) is 46.8 Å². The summed E-state index contributed by atoms with van der Waals surface area (Å²) in [4.78, 5) is 14.6. The Labute approximate surface area is 141 Å². The predicted molar refractivity (Wildman–Crippen MR) is 88.1 cm³/mol. The Bertz CT molecular complexity index is 871. The highest BCUT2D eigenvalue weighted by Crippen LogP contribution is 2.22. The first-order valence-electron chi connectivity index (χ1n) is 7.73. The molecule has 1 aromatic heterocycles. The molecule has 0 fully saturated rings. The third kappa shape index (κ3) is 3.19. The minimum Gasteiger partial charge on any atom is -0.333 e. The van der Waals surface area contributed by atoms with Crippen molar-refractivity contribution >= 4 is 15.7 Å². The molecule has 0 spiro atoms. The minimum atomic E-state index is -3.22. The summed E-state index contributed by atoms with van der Waals surface area (Å²) >= 11 is 0. The molecule has 0 saturated carbocycles. The minimum absolute atomic E-state index is 0.000795. The first-order chi connectivity index (χ1) is 11.3. The Kier molecular flexibility index (Phi) is 4.16. The zero-order valence-corrected chi connectivity index (χ0v) is 14.7. The number of rotatable bonds is 3. The summed E-state index contributed by atoms with van der Waals surface area (Å²) in [6.45, 7) is 5.02. The van der Waals surface area contributed by atoms with Crippen molar-refractivity contribution in [1.82, 2.24) is 19.7 Å². The maximum absolute atomic E-state index is 12.6. The molecule has 1 atom stereocenters. The van der Waals surface area contributed by atoms with Crippen LogP contribution < -0.4 is 0 Å². The van der Waals surface area contributed by atoms with Gasteiger partial charge in [-0.2, -0.15) is 0 Å². The van der Waals surface area contributed by atoms with Gasteiger partial charge in [0.05, 0.1) is 23.9 Å². The normalized spacial score (nSPS) is 17.6. The van der Waals surface area contributed by atoms with Gasteiger partial charge in [0.2, 0.25) is 5.91 Å². The number of aryl methyl sites for hydroxylation is 1. The molecular formula is C16H20N4O3S. The lowest BCUT2D eigenvalue weighted by Crippen LogP contribution is -2.41. The van der Waals surface area contributed by atoms with Crippen LogP contribution in [0.5, 0.6) is 0 Å². The Morgan fingerprint density at radius 1 is 1.25 bits per heavy atom. The molecule has 1 amide bonds. The SMILES string of the molecule is Cc1nnc2n1[C@H](C)CN(C(=O)Cc1ccc(S(C)(=O)=O)cc1)C2. The van der Waals surface area contributed by atoms with Crippen molar-refractivity contribution in [3.63, 3.8) is 0 Å². The number of carbonyl (C=O) groups excluding carboxylic acids is 1. The molecule has 0 radical (unpaired) electrons. The molecule has 0 N–H and O–H groups in total. The molecule has 2 heterocycles. The van der Waals surface area contributed by atoms with E-state index >= 15 is 0 Å². The molecule has 2 aromatic rings. The van der Waals surface area contributed by atoms with Crippen LogP contribution in [0, 0.1) is 6.92 Å². The van der Waals surface area contributed by atoms with Crippen molar-refractivity contribution in [3.8, 4) is 0 Å². The topological polar surface area (TPSA) is 85.2 Å². The third-order valence-electron chi connectivity index (χ3n) is 4.25. The van der Waals surface area contributed by atoms with E-state index in [4.69, 9.17) is 0 Å². The number of hydrogen-bond acceptors (Lipinski definition) is 5. The van der Waals surface area contributed by atoms with Crippen LogP contribution in [0.1, 0.15) is 30.2 Å². The molecule has 1 aliphatic heterocycles. The Morgan fingerprint density at radius 3 is 2.54 bits per heavy atom. The lowest BCUT2D eigenvalue weighted by Gasteiger charge is -2.32. The van der Waals surface area contributed by atoms with E-state index in [0.717, 1.165) is 17.2 Å². The largest absolute Gasteiger partial charge is 0.333 e. The summed E-state index contributed by atoms with van der Waals surface area (Å²) in [7, 11) is -3.22. The van der Waals surface area contributed by atoms with Gasteiger partial charge in [-0.05, 0) is 31.5 Å². The van der Waals surface area contributed by atoms with Crippen molar-refractivity contribution in [3.05, 3.63) is 41.5 Å². The average molecular weight is 348 g/mol. The summed E-state index contributed by atoms with van der Waals surface area (Å²) in [6, 6.07) is 6.59. The highest BCUT2D eigenvalue weighted by atomic mass is 32.2. The molecule has 1 aliphatic rings. The molecule has 0 aliphatic carbocycles. The maximum Gasteiger partial charge on any atom is 0.227 e. The summed E-state index contributed by atoms with van der Waals surface area (Å²) < 4.78 is 25.0. The van der Waals surface area contributed by atoms with Gasteiger partial charge in [0.25, 0.3) is 0 Å². The van der Waals surface area contributed by atoms with E-state index in [0.29, 0.717) is 13.1 Å². The van der Waals surface area contributed by atoms with E-state index in [9.17, 15) is 13.2 Å². The third-order valence-corrected chi connectivity index (χ3v) is 5.38. The molecule has 0 unspecified atom stereocenters. The highest BCUT2D eigenvalue weighted by Gasteiger charge is 2.27. The summed E-state index contributed by atoms with van der Waals surface area (Å²) in [6.07, 6.45) is 1.41. The van der Waals surface area contributed by atoms with E-state index in [1.54, 1.807) is 17.0 Å². The van der Waals surface area contributed by atoms with Crippen LogP contribution >= 0.6 is 0 Å². The van der Waals surface area contributed by atoms with E-state index in [1.165, 1.54) is 18.4 Å². The molecule has 1 aromatic carbocycles. The molecule has 8 heteroatoms. The van der Waals surface area contributed by atoms with Crippen LogP contribution in [0.25, 0.3) is 0 Å². The highest BCUT2D eigenvalue weighted by molar-refractivity contribution is 7.90. The van der Waals surface area contributed by atoms with Crippen molar-refractivity contribution in [2.24, 2.45) is 0 Å². The van der Waals surface area contributed by atoms with Crippen molar-refractivity contribution in [2.45, 2.75) is 37.8 Å². The molecule has 7 nitrogen and oxygen atoms in total. The second-order valence-corrected chi connectivity index (χ2v) is 8.27. The Balaban J connectivity index is 1.72. The second-order valence-electron chi connectivity index (χ2n) is 6.25. The smallest absolute Gasteiger partial charge is 0.227 e. The van der Waals surface area contributed by atoms with Crippen LogP contribution in [0.4, 0.5) is 0 Å². The molecule has 128 valence electrons. The van der Waals surface area contributed by atoms with Crippen LogP contribution in [0.3, 0.4) is 0 Å². The Hall–Kier alpha value is -2.22. The van der Waals surface area contributed by atoms with Crippen LogP contribution in [0.2, 0.25) is 0 Å². The van der Waals surface area contributed by atoms with Crippen LogP contribution in [-0.2, 0) is 27.6 Å². The summed E-state index contributed by atoms with van der Waals surface area (Å²) in [5.41, 5.74) is 0.795. The number of fused-ring (bicyclic) bond motifs is 1. The number of nitrogens with zero attached hydrogens (tertiary/aromatic N) is 4. The van der Waals surface area contributed by atoms with Crippen molar-refractivity contribution in [1.29, 1.82) is 0 Å². The Morgan fingerprint density at radius 2 is 1.92 bits per heavy atom. The lowest BCUT2D eigenvalue weighted by atomic mass is 10.1. The number of sulfone groups is 1. The van der Waals surface area contributed by atoms with Gasteiger partial charge in [-0.1, -0.05) is 12.1 Å². The summed E-state index contributed by atoms with van der Waals surface area (Å²) in [5.74, 6) is 1.66. The zero-order valence-electron chi connectivity index (χ0n) is 13.9. The van der Waals surface area contributed by atoms with Gasteiger partial charge in [-0.15, -0.1) is 10.2 Å². The van der Waals surface area contributed by atoms with Gasteiger partial charge in [0.15, 0.2) is 15.7 Å². The summed E-state index contributed by atoms with van der Waals surface area (Å²) in [5, 5.41) is 8.21. The molecule has 0 bridgehead atoms. The van der Waals surface area contributed by atoms with Crippen molar-refractivity contribution in [2.75, 3.05) is 12.8 Å². The zero-order chi connectivity index (χ0) is 17.5. The predicted octanol–water partition coefficient (Wildman–Crippen LogP) is 1.14. The monoisotopic (exact) mass is 348 g/mol. The number of benzene rings is 1. The molecule has 24 heavy (non-hydrogen) atoms. The fourth-order valence-electron chi connectivity index (χ4n) is 3.06. The van der Waals surface area contributed by atoms with Crippen molar-refractivity contribution < 1.29 is 13.2 Å². The number of amides is 1. The van der Waals surface area contributed by atoms with Gasteiger partial charge in [0.1, 0.15) is 5.82 Å².